The highest BCUT2D eigenvalue weighted by Gasteiger charge is 2.12. The van der Waals surface area contributed by atoms with Crippen molar-refractivity contribution in [2.45, 2.75) is 6.92 Å². The topological polar surface area (TPSA) is 83.8 Å². The van der Waals surface area contributed by atoms with E-state index in [0.29, 0.717) is 16.9 Å². The predicted molar refractivity (Wildman–Crippen MR) is 104 cm³/mol. The van der Waals surface area contributed by atoms with E-state index in [4.69, 9.17) is 4.74 Å². The molecular weight excluding hydrogens is 398 g/mol. The molecule has 2 aromatic carbocycles. The third-order valence-corrected chi connectivity index (χ3v) is 4.26. The molecule has 0 saturated heterocycles. The van der Waals surface area contributed by atoms with Crippen molar-refractivity contribution in [3.05, 3.63) is 63.8 Å². The maximum absolute atomic E-state index is 12.6. The Morgan fingerprint density at radius 2 is 2.12 bits per heavy atom. The molecule has 2 N–H and O–H groups in total. The van der Waals surface area contributed by atoms with E-state index in [9.17, 15) is 9.90 Å². The summed E-state index contributed by atoms with van der Waals surface area (Å²) in [5, 5.41) is 14.7. The van der Waals surface area contributed by atoms with Crippen LogP contribution in [0.1, 0.15) is 21.6 Å². The van der Waals surface area contributed by atoms with Crippen LogP contribution >= 0.6 is 15.9 Å². The lowest BCUT2D eigenvalue weighted by atomic mass is 10.1. The molecule has 26 heavy (non-hydrogen) atoms. The van der Waals surface area contributed by atoms with Gasteiger partial charge in [0.2, 0.25) is 0 Å². The van der Waals surface area contributed by atoms with Crippen LogP contribution in [-0.2, 0) is 0 Å². The van der Waals surface area contributed by atoms with Crippen molar-refractivity contribution >= 4 is 39.0 Å². The molecular formula is C19H16BrN3O3. The molecule has 1 amide bonds. The van der Waals surface area contributed by atoms with Crippen molar-refractivity contribution in [3.8, 4) is 11.5 Å². The molecule has 7 heteroatoms. The van der Waals surface area contributed by atoms with Crippen LogP contribution in [0.5, 0.6) is 11.5 Å². The fourth-order valence-electron chi connectivity index (χ4n) is 2.55. The van der Waals surface area contributed by atoms with Crippen LogP contribution in [0, 0.1) is 6.92 Å². The highest BCUT2D eigenvalue weighted by Crippen LogP contribution is 2.28. The third-order valence-electron chi connectivity index (χ3n) is 3.76. The molecule has 0 radical (unpaired) electrons. The second-order valence-electron chi connectivity index (χ2n) is 5.57. The summed E-state index contributed by atoms with van der Waals surface area (Å²) in [7, 11) is 1.47. The first-order chi connectivity index (χ1) is 12.5. The van der Waals surface area contributed by atoms with Crippen LogP contribution < -0.4 is 10.2 Å². The number of rotatable bonds is 4. The fraction of sp³-hybridized carbons (Fsp3) is 0.105. The average molecular weight is 414 g/mol. The Balaban J connectivity index is 1.87. The highest BCUT2D eigenvalue weighted by molar-refractivity contribution is 9.10. The summed E-state index contributed by atoms with van der Waals surface area (Å²) < 4.78 is 5.90. The van der Waals surface area contributed by atoms with Crippen molar-refractivity contribution in [2.24, 2.45) is 5.10 Å². The van der Waals surface area contributed by atoms with Gasteiger partial charge >= 0.3 is 0 Å². The van der Waals surface area contributed by atoms with Crippen molar-refractivity contribution < 1.29 is 14.6 Å². The average Bonchev–Trinajstić information content (AvgIpc) is 2.62. The van der Waals surface area contributed by atoms with Crippen molar-refractivity contribution in [2.75, 3.05) is 7.11 Å². The number of ether oxygens (including phenoxy) is 1. The Hall–Kier alpha value is -2.93. The van der Waals surface area contributed by atoms with Gasteiger partial charge in [-0.1, -0.05) is 22.0 Å². The summed E-state index contributed by atoms with van der Waals surface area (Å²) in [5.74, 6) is -0.0692. The molecule has 0 fully saturated rings. The molecule has 0 aliphatic carbocycles. The normalized spacial score (nSPS) is 11.0. The number of aromatic nitrogens is 1. The van der Waals surface area contributed by atoms with Crippen LogP contribution in [0.3, 0.4) is 0 Å². The highest BCUT2D eigenvalue weighted by atomic mass is 79.9. The first-order valence-electron chi connectivity index (χ1n) is 7.76. The number of para-hydroxylation sites is 1. The van der Waals surface area contributed by atoms with E-state index >= 15 is 0 Å². The molecule has 0 spiro atoms. The number of hydrogen-bond acceptors (Lipinski definition) is 5. The number of hydrogen-bond donors (Lipinski definition) is 2. The fourth-order valence-corrected chi connectivity index (χ4v) is 2.91. The van der Waals surface area contributed by atoms with Gasteiger partial charge in [0, 0.05) is 21.1 Å². The number of aryl methyl sites for hydroxylation is 1. The molecule has 3 rings (SSSR count). The largest absolute Gasteiger partial charge is 0.504 e. The van der Waals surface area contributed by atoms with E-state index < -0.39 is 0 Å². The molecule has 6 nitrogen and oxygen atoms in total. The summed E-state index contributed by atoms with van der Waals surface area (Å²) in [6.45, 7) is 1.83. The quantitative estimate of drug-likeness (QED) is 0.503. The smallest absolute Gasteiger partial charge is 0.272 e. The lowest BCUT2D eigenvalue weighted by Gasteiger charge is -2.07. The molecule has 3 aromatic rings. The Kier molecular flexibility index (Phi) is 5.18. The zero-order valence-electron chi connectivity index (χ0n) is 14.2. The van der Waals surface area contributed by atoms with E-state index in [-0.39, 0.29) is 11.7 Å². The molecule has 1 aromatic heterocycles. The van der Waals surface area contributed by atoms with E-state index in [1.807, 2.05) is 25.1 Å². The summed E-state index contributed by atoms with van der Waals surface area (Å²) in [6, 6.07) is 12.3. The van der Waals surface area contributed by atoms with Gasteiger partial charge in [-0.2, -0.15) is 5.10 Å². The maximum atomic E-state index is 12.6. The lowest BCUT2D eigenvalue weighted by Crippen LogP contribution is -2.18. The second-order valence-corrected chi connectivity index (χ2v) is 6.49. The van der Waals surface area contributed by atoms with Gasteiger partial charge in [0.1, 0.15) is 0 Å². The molecule has 0 aliphatic rings. The minimum Gasteiger partial charge on any atom is -0.504 e. The number of phenolic OH excluding ortho intramolecular Hbond substituents is 1. The predicted octanol–water partition coefficient (Wildman–Crippen LogP) is 3.78. The first-order valence-corrected chi connectivity index (χ1v) is 8.55. The van der Waals surface area contributed by atoms with Gasteiger partial charge < -0.3 is 9.84 Å². The molecule has 0 aliphatic heterocycles. The van der Waals surface area contributed by atoms with Gasteiger partial charge in [0.15, 0.2) is 11.5 Å². The van der Waals surface area contributed by atoms with E-state index in [1.54, 1.807) is 24.3 Å². The number of nitrogens with one attached hydrogen (secondary N) is 1. The number of nitrogens with zero attached hydrogens (tertiary/aromatic N) is 2. The van der Waals surface area contributed by atoms with Crippen LogP contribution in [0.25, 0.3) is 10.9 Å². The third kappa shape index (κ3) is 3.67. The Labute approximate surface area is 158 Å². The van der Waals surface area contributed by atoms with Crippen LogP contribution in [0.4, 0.5) is 0 Å². The zero-order chi connectivity index (χ0) is 18.7. The van der Waals surface area contributed by atoms with Gasteiger partial charge in [0.25, 0.3) is 5.91 Å². The number of halogens is 1. The van der Waals surface area contributed by atoms with Crippen LogP contribution in [-0.4, -0.2) is 29.3 Å². The maximum Gasteiger partial charge on any atom is 0.272 e. The number of hydrazone groups is 1. The number of phenols is 1. The van der Waals surface area contributed by atoms with Gasteiger partial charge in [-0.25, -0.2) is 5.43 Å². The Morgan fingerprint density at radius 3 is 2.88 bits per heavy atom. The Morgan fingerprint density at radius 1 is 1.31 bits per heavy atom. The van der Waals surface area contributed by atoms with Gasteiger partial charge in [-0.15, -0.1) is 0 Å². The standard InChI is InChI=1S/C19H16BrN3O3/c1-11-8-15(14-9-13(20)6-7-16(14)22-11)19(25)23-21-10-12-4-3-5-17(26-2)18(12)24/h3-10,24H,1-2H3,(H,23,25)/b21-10-. The number of carbonyl (C=O) groups excluding carboxylic acids is 1. The van der Waals surface area contributed by atoms with Crippen molar-refractivity contribution in [1.82, 2.24) is 10.4 Å². The number of fused-ring (bicyclic) bond motifs is 1. The van der Waals surface area contributed by atoms with Crippen LogP contribution in [0.2, 0.25) is 0 Å². The number of aromatic hydroxyl groups is 1. The number of carbonyl (C=O) groups is 1. The van der Waals surface area contributed by atoms with Crippen molar-refractivity contribution in [3.63, 3.8) is 0 Å². The number of pyridine rings is 1. The zero-order valence-corrected chi connectivity index (χ0v) is 15.7. The Bertz CT molecular complexity index is 1020. The van der Waals surface area contributed by atoms with E-state index in [1.165, 1.54) is 13.3 Å². The lowest BCUT2D eigenvalue weighted by molar-refractivity contribution is 0.0956. The summed E-state index contributed by atoms with van der Waals surface area (Å²) in [5.41, 5.74) is 4.86. The monoisotopic (exact) mass is 413 g/mol. The molecule has 0 saturated carbocycles. The molecule has 0 atom stereocenters. The number of methoxy groups -OCH3 is 1. The second kappa shape index (κ2) is 7.53. The summed E-state index contributed by atoms with van der Waals surface area (Å²) in [4.78, 5) is 17.0. The minimum absolute atomic E-state index is 0.0397. The summed E-state index contributed by atoms with van der Waals surface area (Å²) in [6.07, 6.45) is 1.36. The minimum atomic E-state index is -0.364. The molecule has 1 heterocycles. The number of amides is 1. The van der Waals surface area contributed by atoms with Gasteiger partial charge in [0.05, 0.1) is 24.4 Å². The summed E-state index contributed by atoms with van der Waals surface area (Å²) >= 11 is 3.41. The van der Waals surface area contributed by atoms with E-state index in [0.717, 1.165) is 21.1 Å². The first kappa shape index (κ1) is 17.9. The number of benzene rings is 2. The van der Waals surface area contributed by atoms with Gasteiger partial charge in [-0.05, 0) is 43.3 Å². The van der Waals surface area contributed by atoms with Crippen molar-refractivity contribution in [1.29, 1.82) is 0 Å². The van der Waals surface area contributed by atoms with E-state index in [2.05, 4.69) is 31.4 Å². The molecule has 132 valence electrons. The van der Waals surface area contributed by atoms with Crippen LogP contribution in [0.15, 0.2) is 52.0 Å². The molecule has 0 unspecified atom stereocenters. The van der Waals surface area contributed by atoms with Gasteiger partial charge in [-0.3, -0.25) is 9.78 Å². The molecule has 0 bridgehead atoms. The SMILES string of the molecule is COc1cccc(/C=N\NC(=O)c2cc(C)nc3ccc(Br)cc23)c1O.